The van der Waals surface area contributed by atoms with Gasteiger partial charge in [-0.3, -0.25) is 0 Å². The Kier molecular flexibility index (Phi) is 4.35. The smallest absolute Gasteiger partial charge is 0.242 e. The molecule has 0 atom stereocenters. The van der Waals surface area contributed by atoms with Crippen molar-refractivity contribution in [3.8, 4) is 0 Å². The summed E-state index contributed by atoms with van der Waals surface area (Å²) in [6.45, 7) is 14.7. The second-order valence-corrected chi connectivity index (χ2v) is 9.74. The van der Waals surface area contributed by atoms with Crippen molar-refractivity contribution in [3.05, 3.63) is 53.8 Å². The van der Waals surface area contributed by atoms with E-state index in [0.717, 1.165) is 11.3 Å². The van der Waals surface area contributed by atoms with Crippen molar-refractivity contribution in [2.75, 3.05) is 0 Å². The molecule has 1 rings (SSSR count). The number of hydrogen-bond acceptors (Lipinski definition) is 1. The maximum Gasteiger partial charge on any atom is 0.242 e. The molecule has 0 saturated heterocycles. The first-order valence-electron chi connectivity index (χ1n) is 5.92. The average molecular weight is 246 g/mol. The quantitative estimate of drug-likeness (QED) is 0.419. The summed E-state index contributed by atoms with van der Waals surface area (Å²) < 4.78 is 6.13. The third-order valence-corrected chi connectivity index (χ3v) is 3.16. The van der Waals surface area contributed by atoms with Crippen molar-refractivity contribution in [3.63, 3.8) is 0 Å². The minimum atomic E-state index is -1.60. The molecular weight excluding hydrogens is 224 g/mol. The summed E-state index contributed by atoms with van der Waals surface area (Å²) in [5, 5.41) is 0. The second kappa shape index (κ2) is 5.37. The first-order chi connectivity index (χ1) is 7.81. The van der Waals surface area contributed by atoms with Gasteiger partial charge in [0.05, 0.1) is 0 Å². The molecule has 1 nitrogen and oxygen atoms in total. The largest absolute Gasteiger partial charge is 0.544 e. The summed E-state index contributed by atoms with van der Waals surface area (Å²) >= 11 is 0. The van der Waals surface area contributed by atoms with Crippen LogP contribution in [0.1, 0.15) is 19.4 Å². The van der Waals surface area contributed by atoms with Gasteiger partial charge < -0.3 is 4.43 Å². The molecule has 0 heterocycles. The normalized spacial score (nSPS) is 13.0. The molecule has 0 bridgehead atoms. The monoisotopic (exact) mass is 246 g/mol. The van der Waals surface area contributed by atoms with Gasteiger partial charge in [0.15, 0.2) is 0 Å². The van der Waals surface area contributed by atoms with Crippen LogP contribution in [0.2, 0.25) is 19.6 Å². The van der Waals surface area contributed by atoms with E-state index in [-0.39, 0.29) is 0 Å². The van der Waals surface area contributed by atoms with Crippen LogP contribution in [0, 0.1) is 0 Å². The van der Waals surface area contributed by atoms with E-state index in [4.69, 9.17) is 4.43 Å². The van der Waals surface area contributed by atoms with Crippen LogP contribution in [0.5, 0.6) is 0 Å². The van der Waals surface area contributed by atoms with Crippen LogP contribution in [0.3, 0.4) is 0 Å². The third kappa shape index (κ3) is 4.23. The Balaban J connectivity index is 3.17. The molecule has 0 unspecified atom stereocenters. The molecular formula is C15H22OSi. The molecule has 92 valence electrons. The lowest BCUT2D eigenvalue weighted by Crippen LogP contribution is -2.25. The molecule has 0 fully saturated rings. The van der Waals surface area contributed by atoms with Gasteiger partial charge in [0.2, 0.25) is 8.32 Å². The number of rotatable bonds is 4. The van der Waals surface area contributed by atoms with Crippen LogP contribution in [0.4, 0.5) is 0 Å². The van der Waals surface area contributed by atoms with Gasteiger partial charge in [-0.15, -0.1) is 0 Å². The zero-order chi connectivity index (χ0) is 13.1. The highest BCUT2D eigenvalue weighted by Gasteiger charge is 2.19. The summed E-state index contributed by atoms with van der Waals surface area (Å²) in [7, 11) is -1.60. The number of benzene rings is 1. The molecule has 0 aromatic heterocycles. The Hall–Kier alpha value is -1.28. The predicted molar refractivity (Wildman–Crippen MR) is 78.3 cm³/mol. The van der Waals surface area contributed by atoms with Crippen LogP contribution < -0.4 is 0 Å². The van der Waals surface area contributed by atoms with E-state index >= 15 is 0 Å². The first kappa shape index (κ1) is 13.8. The summed E-state index contributed by atoms with van der Waals surface area (Å²) in [6, 6.07) is 10.3. The van der Waals surface area contributed by atoms with E-state index in [1.54, 1.807) is 0 Å². The molecule has 0 radical (unpaired) electrons. The summed E-state index contributed by atoms with van der Waals surface area (Å²) in [4.78, 5) is 0. The SMILES string of the molecule is C=C(C)/C(O[Si](C)(C)C)=C(/C)c1ccccc1. The van der Waals surface area contributed by atoms with Crippen LogP contribution >= 0.6 is 0 Å². The standard InChI is InChI=1S/C15H22OSi/c1-12(2)15(16-17(4,5)6)13(3)14-10-8-7-9-11-14/h7-11H,1H2,2-6H3/b15-13+. The molecule has 0 saturated carbocycles. The maximum absolute atomic E-state index is 6.13. The molecule has 0 aliphatic rings. The van der Waals surface area contributed by atoms with Crippen molar-refractivity contribution in [1.82, 2.24) is 0 Å². The van der Waals surface area contributed by atoms with Gasteiger partial charge in [0.1, 0.15) is 5.76 Å². The van der Waals surface area contributed by atoms with Gasteiger partial charge >= 0.3 is 0 Å². The molecule has 2 heteroatoms. The molecule has 0 aliphatic heterocycles. The van der Waals surface area contributed by atoms with E-state index in [1.165, 1.54) is 11.1 Å². The van der Waals surface area contributed by atoms with Crippen molar-refractivity contribution >= 4 is 13.9 Å². The van der Waals surface area contributed by atoms with Gasteiger partial charge in [-0.1, -0.05) is 36.9 Å². The molecule has 0 N–H and O–H groups in total. The van der Waals surface area contributed by atoms with Gasteiger partial charge in [0.25, 0.3) is 0 Å². The van der Waals surface area contributed by atoms with Gasteiger partial charge in [0, 0.05) is 0 Å². The van der Waals surface area contributed by atoms with Crippen LogP contribution in [0.15, 0.2) is 48.2 Å². The van der Waals surface area contributed by atoms with Crippen molar-refractivity contribution < 1.29 is 4.43 Å². The van der Waals surface area contributed by atoms with Crippen LogP contribution in [-0.4, -0.2) is 8.32 Å². The van der Waals surface area contributed by atoms with Crippen molar-refractivity contribution in [2.24, 2.45) is 0 Å². The highest BCUT2D eigenvalue weighted by molar-refractivity contribution is 6.70. The first-order valence-corrected chi connectivity index (χ1v) is 9.33. The van der Waals surface area contributed by atoms with Crippen molar-refractivity contribution in [1.29, 1.82) is 0 Å². The number of hydrogen-bond donors (Lipinski definition) is 0. The molecule has 0 amide bonds. The van der Waals surface area contributed by atoms with Crippen LogP contribution in [-0.2, 0) is 4.43 Å². The molecule has 17 heavy (non-hydrogen) atoms. The highest BCUT2D eigenvalue weighted by Crippen LogP contribution is 2.26. The van der Waals surface area contributed by atoms with Gasteiger partial charge in [-0.2, -0.15) is 0 Å². The fourth-order valence-electron chi connectivity index (χ4n) is 1.61. The van der Waals surface area contributed by atoms with Crippen molar-refractivity contribution in [2.45, 2.75) is 33.5 Å². The Morgan fingerprint density at radius 2 is 1.59 bits per heavy atom. The van der Waals surface area contributed by atoms with E-state index in [0.29, 0.717) is 0 Å². The zero-order valence-corrected chi connectivity index (χ0v) is 12.5. The maximum atomic E-state index is 6.13. The molecule has 0 spiro atoms. The predicted octanol–water partition coefficient (Wildman–Crippen LogP) is 4.85. The second-order valence-electron chi connectivity index (χ2n) is 5.31. The summed E-state index contributed by atoms with van der Waals surface area (Å²) in [5.74, 6) is 0.954. The third-order valence-electron chi connectivity index (χ3n) is 2.34. The number of allylic oxidation sites excluding steroid dienone is 2. The van der Waals surface area contributed by atoms with E-state index in [2.05, 4.69) is 45.3 Å². The minimum absolute atomic E-state index is 0.954. The van der Waals surface area contributed by atoms with Crippen LogP contribution in [0.25, 0.3) is 5.57 Å². The average Bonchev–Trinajstić information content (AvgIpc) is 2.25. The zero-order valence-electron chi connectivity index (χ0n) is 11.5. The Morgan fingerprint density at radius 3 is 2.00 bits per heavy atom. The summed E-state index contributed by atoms with van der Waals surface area (Å²) in [5.41, 5.74) is 3.36. The topological polar surface area (TPSA) is 9.23 Å². The van der Waals surface area contributed by atoms with E-state index in [9.17, 15) is 0 Å². The lowest BCUT2D eigenvalue weighted by atomic mass is 10.0. The van der Waals surface area contributed by atoms with E-state index in [1.807, 2.05) is 25.1 Å². The Morgan fingerprint density at radius 1 is 1.06 bits per heavy atom. The van der Waals surface area contributed by atoms with E-state index < -0.39 is 8.32 Å². The molecule has 1 aromatic rings. The molecule has 0 aliphatic carbocycles. The fourth-order valence-corrected chi connectivity index (χ4v) is 2.55. The Bertz CT molecular complexity index is 424. The van der Waals surface area contributed by atoms with Gasteiger partial charge in [-0.25, -0.2) is 0 Å². The molecule has 1 aromatic carbocycles. The highest BCUT2D eigenvalue weighted by atomic mass is 28.4. The van der Waals surface area contributed by atoms with Gasteiger partial charge in [-0.05, 0) is 50.2 Å². The lowest BCUT2D eigenvalue weighted by Gasteiger charge is -2.24. The minimum Gasteiger partial charge on any atom is -0.544 e. The Labute approximate surface area is 106 Å². The summed E-state index contributed by atoms with van der Waals surface area (Å²) in [6.07, 6.45) is 0. The lowest BCUT2D eigenvalue weighted by molar-refractivity contribution is 0.435. The fraction of sp³-hybridized carbons (Fsp3) is 0.333.